The molecule has 0 spiro atoms. The highest BCUT2D eigenvalue weighted by Gasteiger charge is 2.44. The van der Waals surface area contributed by atoms with Crippen LogP contribution >= 0.6 is 22.6 Å². The fourth-order valence-corrected chi connectivity index (χ4v) is 8.71. The van der Waals surface area contributed by atoms with Crippen LogP contribution in [-0.2, 0) is 4.43 Å². The van der Waals surface area contributed by atoms with Gasteiger partial charge in [-0.15, -0.1) is 0 Å². The Morgan fingerprint density at radius 1 is 0.844 bits per heavy atom. The molecule has 0 bridgehead atoms. The molecular weight excluding hydrogens is 523 g/mol. The number of hydrogen-bond donors (Lipinski definition) is 1. The fourth-order valence-electron chi connectivity index (χ4n) is 4.18. The van der Waals surface area contributed by atoms with Crippen LogP contribution in [0.4, 0.5) is 0 Å². The van der Waals surface area contributed by atoms with Crippen LogP contribution in [-0.4, -0.2) is 26.1 Å². The number of rotatable bonds is 9. The van der Waals surface area contributed by atoms with Crippen LogP contribution in [0.25, 0.3) is 0 Å². The molecule has 3 aromatic carbocycles. The van der Waals surface area contributed by atoms with Gasteiger partial charge in [-0.1, -0.05) is 132 Å². The summed E-state index contributed by atoms with van der Waals surface area (Å²) in [5.74, 6) is 0.108. The van der Waals surface area contributed by atoms with Crippen molar-refractivity contribution in [3.8, 4) is 0 Å². The van der Waals surface area contributed by atoms with Gasteiger partial charge < -0.3 is 9.53 Å². The lowest BCUT2D eigenvalue weighted by Gasteiger charge is -2.38. The van der Waals surface area contributed by atoms with Crippen LogP contribution in [0.3, 0.4) is 0 Å². The van der Waals surface area contributed by atoms with Crippen molar-refractivity contribution < 1.29 is 9.53 Å². The lowest BCUT2D eigenvalue weighted by Crippen LogP contribution is -2.70. The van der Waals surface area contributed by atoms with E-state index in [1.54, 1.807) is 0 Å². The summed E-state index contributed by atoms with van der Waals surface area (Å²) < 4.78 is 9.51. The van der Waals surface area contributed by atoms with Gasteiger partial charge in [-0.05, 0) is 39.1 Å². The summed E-state index contributed by atoms with van der Waals surface area (Å²) in [5.41, 5.74) is 2.14. The largest absolute Gasteiger partial charge is 0.397 e. The molecule has 0 heterocycles. The molecule has 0 aliphatic heterocycles. The normalized spacial score (nSPS) is 14.8. The van der Waals surface area contributed by atoms with E-state index in [0.717, 1.165) is 5.57 Å². The van der Waals surface area contributed by atoms with Crippen LogP contribution in [0.5, 0.6) is 0 Å². The summed E-state index contributed by atoms with van der Waals surface area (Å²) in [4.78, 5) is 0. The van der Waals surface area contributed by atoms with Crippen molar-refractivity contribution in [1.82, 2.24) is 0 Å². The Morgan fingerprint density at radius 3 is 1.59 bits per heavy atom. The van der Waals surface area contributed by atoms with Crippen LogP contribution < -0.4 is 15.6 Å². The first-order valence-corrected chi connectivity index (χ1v) is 14.1. The lowest BCUT2D eigenvalue weighted by atomic mass is 9.97. The van der Waals surface area contributed by atoms with Crippen LogP contribution in [0.1, 0.15) is 20.8 Å². The third-order valence-electron chi connectivity index (χ3n) is 5.74. The van der Waals surface area contributed by atoms with Gasteiger partial charge in [0.05, 0.1) is 12.7 Å². The second kappa shape index (κ2) is 11.7. The first kappa shape index (κ1) is 24.6. The maximum Gasteiger partial charge on any atom is 0.288 e. The van der Waals surface area contributed by atoms with E-state index in [1.165, 1.54) is 21.1 Å². The number of aliphatic hydroxyl groups is 1. The maximum atomic E-state index is 9.61. The van der Waals surface area contributed by atoms with Crippen molar-refractivity contribution in [2.24, 2.45) is 5.92 Å². The summed E-state index contributed by atoms with van der Waals surface area (Å²) in [6.07, 6.45) is 2.01. The van der Waals surface area contributed by atoms with Crippen LogP contribution in [0.2, 0.25) is 0 Å². The Labute approximate surface area is 206 Å². The van der Waals surface area contributed by atoms with Crippen molar-refractivity contribution in [1.29, 1.82) is 0 Å². The third kappa shape index (κ3) is 5.49. The SMILES string of the molecule is C/C(=C\[C@@H](C)[C@@H](O[Si](c1ccccc1)(c1ccccc1)c1ccccc1)/C(C)=C/I)CO. The molecule has 4 heteroatoms. The van der Waals surface area contributed by atoms with Gasteiger partial charge in [0.2, 0.25) is 0 Å². The second-order valence-corrected chi connectivity index (χ2v) is 12.2. The van der Waals surface area contributed by atoms with Crippen molar-refractivity contribution in [3.63, 3.8) is 0 Å². The molecule has 166 valence electrons. The van der Waals surface area contributed by atoms with E-state index in [0.29, 0.717) is 0 Å². The topological polar surface area (TPSA) is 29.5 Å². The van der Waals surface area contributed by atoms with Crippen LogP contribution in [0, 0.1) is 5.92 Å². The lowest BCUT2D eigenvalue weighted by molar-refractivity contribution is 0.199. The molecule has 2 atom stereocenters. The highest BCUT2D eigenvalue weighted by atomic mass is 127. The van der Waals surface area contributed by atoms with E-state index < -0.39 is 8.32 Å². The van der Waals surface area contributed by atoms with E-state index in [9.17, 15) is 5.11 Å². The summed E-state index contributed by atoms with van der Waals surface area (Å²) >= 11 is 2.30. The predicted molar refractivity (Wildman–Crippen MR) is 147 cm³/mol. The standard InChI is InChI=1S/C28H31IO2Si/c1-22(21-30)19-23(2)28(24(3)20-29)31-32(25-13-7-4-8-14-25,26-15-9-5-10-16-26)27-17-11-6-12-18-27/h4-20,23,28,30H,21H2,1-3H3/b22-19+,24-20+/t23-,28-/m1/s1. The average Bonchev–Trinajstić information content (AvgIpc) is 2.86. The van der Waals surface area contributed by atoms with Gasteiger partial charge in [-0.3, -0.25) is 0 Å². The minimum atomic E-state index is -2.83. The summed E-state index contributed by atoms with van der Waals surface area (Å²) in [5, 5.41) is 13.3. The van der Waals surface area contributed by atoms with E-state index in [-0.39, 0.29) is 18.6 Å². The Kier molecular flexibility index (Phi) is 9.05. The quantitative estimate of drug-likeness (QED) is 0.176. The van der Waals surface area contributed by atoms with Gasteiger partial charge in [0.15, 0.2) is 0 Å². The van der Waals surface area contributed by atoms with Crippen molar-refractivity contribution in [2.75, 3.05) is 6.61 Å². The third-order valence-corrected chi connectivity index (χ3v) is 10.8. The van der Waals surface area contributed by atoms with E-state index >= 15 is 0 Å². The Balaban J connectivity index is 2.28. The zero-order chi connectivity index (χ0) is 23.0. The molecule has 0 aromatic heterocycles. The highest BCUT2D eigenvalue weighted by molar-refractivity contribution is 14.1. The molecule has 0 amide bonds. The first-order valence-electron chi connectivity index (χ1n) is 10.9. The smallest absolute Gasteiger partial charge is 0.288 e. The van der Waals surface area contributed by atoms with Gasteiger partial charge >= 0.3 is 0 Å². The molecule has 0 aliphatic carbocycles. The molecule has 0 unspecified atom stereocenters. The maximum absolute atomic E-state index is 9.61. The van der Waals surface area contributed by atoms with Crippen molar-refractivity contribution >= 4 is 46.5 Å². The molecule has 0 aliphatic rings. The van der Waals surface area contributed by atoms with Gasteiger partial charge in [0.1, 0.15) is 0 Å². The molecule has 0 saturated carbocycles. The average molecular weight is 555 g/mol. The minimum Gasteiger partial charge on any atom is -0.397 e. The van der Waals surface area contributed by atoms with Crippen molar-refractivity contribution in [2.45, 2.75) is 26.9 Å². The Bertz CT molecular complexity index is 936. The Hall–Kier alpha value is -1.99. The highest BCUT2D eigenvalue weighted by Crippen LogP contribution is 2.25. The molecule has 32 heavy (non-hydrogen) atoms. The number of aliphatic hydroxyl groups excluding tert-OH is 1. The van der Waals surface area contributed by atoms with E-state index in [4.69, 9.17) is 4.43 Å². The molecule has 1 N–H and O–H groups in total. The summed E-state index contributed by atoms with van der Waals surface area (Å²) in [6, 6.07) is 32.0. The molecule has 0 radical (unpaired) electrons. The van der Waals surface area contributed by atoms with Crippen LogP contribution in [0.15, 0.2) is 112 Å². The molecule has 3 rings (SSSR count). The molecular formula is C28H31IO2Si. The fraction of sp³-hybridized carbons (Fsp3) is 0.214. The number of benzene rings is 3. The zero-order valence-electron chi connectivity index (χ0n) is 18.9. The summed E-state index contributed by atoms with van der Waals surface area (Å²) in [6.45, 7) is 6.33. The first-order chi connectivity index (χ1) is 15.5. The van der Waals surface area contributed by atoms with Crippen molar-refractivity contribution in [3.05, 3.63) is 112 Å². The summed E-state index contributed by atoms with van der Waals surface area (Å²) in [7, 11) is -2.83. The molecule has 0 saturated heterocycles. The monoisotopic (exact) mass is 554 g/mol. The van der Waals surface area contributed by atoms with Gasteiger partial charge in [-0.2, -0.15) is 0 Å². The molecule has 3 aromatic rings. The molecule has 2 nitrogen and oxygen atoms in total. The second-order valence-electron chi connectivity index (χ2n) is 8.20. The van der Waals surface area contributed by atoms with E-state index in [2.05, 4.69) is 138 Å². The van der Waals surface area contributed by atoms with Gasteiger partial charge in [0.25, 0.3) is 8.32 Å². The molecule has 0 fully saturated rings. The van der Waals surface area contributed by atoms with Gasteiger partial charge in [0, 0.05) is 5.92 Å². The number of hydrogen-bond acceptors (Lipinski definition) is 2. The zero-order valence-corrected chi connectivity index (χ0v) is 22.1. The minimum absolute atomic E-state index is 0.0582. The Morgan fingerprint density at radius 2 is 1.25 bits per heavy atom. The predicted octanol–water partition coefficient (Wildman–Crippen LogP) is 4.95. The number of halogens is 1. The van der Waals surface area contributed by atoms with Gasteiger partial charge in [-0.25, -0.2) is 0 Å². The van der Waals surface area contributed by atoms with E-state index in [1.807, 2.05) is 6.92 Å².